The van der Waals surface area contributed by atoms with Gasteiger partial charge in [-0.15, -0.1) is 0 Å². The van der Waals surface area contributed by atoms with E-state index in [0.29, 0.717) is 10.7 Å². The van der Waals surface area contributed by atoms with Gasteiger partial charge in [-0.05, 0) is 42.5 Å². The zero-order valence-electron chi connectivity index (χ0n) is 15.8. The predicted molar refractivity (Wildman–Crippen MR) is 97.0 cm³/mol. The van der Waals surface area contributed by atoms with Crippen LogP contribution in [0.5, 0.6) is 0 Å². The Labute approximate surface area is 176 Å². The first-order valence-corrected chi connectivity index (χ1v) is 10.4. The molecule has 0 atom stereocenters. The van der Waals surface area contributed by atoms with Crippen molar-refractivity contribution in [2.24, 2.45) is 0 Å². The Morgan fingerprint density at radius 1 is 0.844 bits per heavy atom. The summed E-state index contributed by atoms with van der Waals surface area (Å²) in [6, 6.07) is 8.67. The van der Waals surface area contributed by atoms with Crippen molar-refractivity contribution in [3.63, 3.8) is 0 Å². The van der Waals surface area contributed by atoms with E-state index in [2.05, 4.69) is 5.10 Å². The van der Waals surface area contributed by atoms with Gasteiger partial charge in [0.1, 0.15) is 11.5 Å². The highest BCUT2D eigenvalue weighted by Gasteiger charge is 2.74. The molecule has 172 valence electrons. The van der Waals surface area contributed by atoms with Crippen LogP contribution in [-0.2, 0) is 15.8 Å². The highest BCUT2D eigenvalue weighted by molar-refractivity contribution is 7.90. The fourth-order valence-electron chi connectivity index (χ4n) is 2.73. The van der Waals surface area contributed by atoms with Crippen LogP contribution in [0.3, 0.4) is 0 Å². The Morgan fingerprint density at radius 3 is 1.84 bits per heavy atom. The number of nitrogens with zero attached hydrogens (tertiary/aromatic N) is 2. The molecule has 0 radical (unpaired) electrons. The Kier molecular flexibility index (Phi) is 5.61. The molecule has 0 aliphatic heterocycles. The average molecular weight is 484 g/mol. The molecule has 1 heterocycles. The molecule has 3 aromatic rings. The minimum atomic E-state index is -6.56. The molecule has 0 saturated carbocycles. The van der Waals surface area contributed by atoms with Crippen molar-refractivity contribution in [1.29, 1.82) is 0 Å². The number of rotatable bonds is 5. The van der Waals surface area contributed by atoms with Gasteiger partial charge in [-0.25, -0.2) is 17.5 Å². The molecule has 0 aliphatic rings. The van der Waals surface area contributed by atoms with Crippen LogP contribution in [0.1, 0.15) is 5.69 Å². The monoisotopic (exact) mass is 484 g/mol. The largest absolute Gasteiger partial charge is 0.460 e. The molecule has 13 heteroatoms. The lowest BCUT2D eigenvalue weighted by molar-refractivity contribution is -0.360. The van der Waals surface area contributed by atoms with Gasteiger partial charge in [-0.2, -0.15) is 35.8 Å². The minimum Gasteiger partial charge on any atom is -0.233 e. The normalized spacial score (nSPS) is 13.4. The molecule has 0 unspecified atom stereocenters. The number of sulfone groups is 1. The number of hydrogen-bond donors (Lipinski definition) is 0. The molecule has 0 spiro atoms. The molecular weight excluding hydrogens is 472 g/mol. The van der Waals surface area contributed by atoms with E-state index in [1.807, 2.05) is 0 Å². The van der Waals surface area contributed by atoms with Crippen molar-refractivity contribution in [2.45, 2.75) is 22.9 Å². The quantitative estimate of drug-likeness (QED) is 0.458. The summed E-state index contributed by atoms with van der Waals surface area (Å²) >= 11 is 0. The zero-order chi connectivity index (χ0) is 24.1. The fourth-order valence-corrected chi connectivity index (χ4v) is 3.36. The number of alkyl halides is 7. The predicted octanol–water partition coefficient (Wildman–Crippen LogP) is 5.37. The van der Waals surface area contributed by atoms with Crippen molar-refractivity contribution in [3.05, 3.63) is 66.1 Å². The zero-order valence-corrected chi connectivity index (χ0v) is 16.7. The maximum Gasteiger partial charge on any atom is 0.460 e. The maximum absolute atomic E-state index is 14.3. The molecule has 1 aromatic heterocycles. The van der Waals surface area contributed by atoms with E-state index in [1.165, 1.54) is 0 Å². The Balaban J connectivity index is 2.22. The van der Waals surface area contributed by atoms with Gasteiger partial charge < -0.3 is 0 Å². The number of benzene rings is 2. The second-order valence-electron chi connectivity index (χ2n) is 6.75. The van der Waals surface area contributed by atoms with E-state index in [1.54, 1.807) is 0 Å². The third-order valence-corrected chi connectivity index (χ3v) is 5.56. The minimum absolute atomic E-state index is 0.0217. The van der Waals surface area contributed by atoms with Crippen molar-refractivity contribution in [3.8, 4) is 16.9 Å². The van der Waals surface area contributed by atoms with Crippen molar-refractivity contribution in [2.75, 3.05) is 6.26 Å². The molecule has 3 rings (SSSR count). The summed E-state index contributed by atoms with van der Waals surface area (Å²) in [5.41, 5.74) is -2.38. The average Bonchev–Trinajstić information content (AvgIpc) is 3.13. The van der Waals surface area contributed by atoms with Gasteiger partial charge in [-0.1, -0.05) is 12.1 Å². The third kappa shape index (κ3) is 4.08. The Bertz CT molecular complexity index is 1230. The highest BCUT2D eigenvalue weighted by Crippen LogP contribution is 2.52. The van der Waals surface area contributed by atoms with Crippen molar-refractivity contribution < 1.29 is 43.5 Å². The standard InChI is InChI=1S/C19H12F8N2O2S/c1-32(30,31)14-8-2-11(3-9-14)15-10-16(17(21,22)18(23,24)19(25,26)27)28-29(15)13-6-4-12(20)5-7-13/h2-10H,1H3. The first kappa shape index (κ1) is 23.7. The summed E-state index contributed by atoms with van der Waals surface area (Å²) in [6.07, 6.45) is -5.66. The summed E-state index contributed by atoms with van der Waals surface area (Å²) in [6.45, 7) is 0. The van der Waals surface area contributed by atoms with E-state index in [4.69, 9.17) is 0 Å². The summed E-state index contributed by atoms with van der Waals surface area (Å²) in [4.78, 5) is -0.150. The molecule has 0 aliphatic carbocycles. The van der Waals surface area contributed by atoms with E-state index in [-0.39, 0.29) is 21.8 Å². The van der Waals surface area contributed by atoms with Gasteiger partial charge in [0.15, 0.2) is 9.84 Å². The molecule has 4 nitrogen and oxygen atoms in total. The van der Waals surface area contributed by atoms with Crippen LogP contribution in [-0.4, -0.2) is 36.6 Å². The molecule has 32 heavy (non-hydrogen) atoms. The first-order valence-electron chi connectivity index (χ1n) is 8.55. The van der Waals surface area contributed by atoms with Gasteiger partial charge in [-0.3, -0.25) is 0 Å². The summed E-state index contributed by atoms with van der Waals surface area (Å²) in [5, 5.41) is 3.26. The lowest BCUT2D eigenvalue weighted by atomic mass is 10.1. The van der Waals surface area contributed by atoms with Crippen molar-refractivity contribution >= 4 is 9.84 Å². The molecule has 0 fully saturated rings. The molecule has 2 aromatic carbocycles. The van der Waals surface area contributed by atoms with Crippen molar-refractivity contribution in [1.82, 2.24) is 9.78 Å². The SMILES string of the molecule is CS(=O)(=O)c1ccc(-c2cc(C(F)(F)C(F)(F)C(F)(F)F)nn2-c2ccc(F)cc2)cc1. The Morgan fingerprint density at radius 2 is 1.38 bits per heavy atom. The van der Waals surface area contributed by atoms with Gasteiger partial charge in [0.2, 0.25) is 0 Å². The molecule has 0 N–H and O–H groups in total. The smallest absolute Gasteiger partial charge is 0.233 e. The molecule has 0 amide bonds. The second-order valence-corrected chi connectivity index (χ2v) is 8.76. The topological polar surface area (TPSA) is 52.0 Å². The van der Waals surface area contributed by atoms with E-state index >= 15 is 0 Å². The van der Waals surface area contributed by atoms with Crippen LogP contribution >= 0.6 is 0 Å². The number of aromatic nitrogens is 2. The van der Waals surface area contributed by atoms with Crippen LogP contribution in [0.4, 0.5) is 35.1 Å². The van der Waals surface area contributed by atoms with Gasteiger partial charge in [0.05, 0.1) is 16.3 Å². The summed E-state index contributed by atoms with van der Waals surface area (Å²) in [5.74, 6) is -12.9. The molecular formula is C19H12F8N2O2S. The van der Waals surface area contributed by atoms with Gasteiger partial charge >= 0.3 is 18.0 Å². The van der Waals surface area contributed by atoms with E-state index in [0.717, 1.165) is 54.8 Å². The molecule has 0 bridgehead atoms. The third-order valence-electron chi connectivity index (χ3n) is 4.43. The first-order chi connectivity index (χ1) is 14.6. The number of hydrogen-bond acceptors (Lipinski definition) is 3. The van der Waals surface area contributed by atoms with Crippen LogP contribution in [0.25, 0.3) is 16.9 Å². The second kappa shape index (κ2) is 7.57. The highest BCUT2D eigenvalue weighted by atomic mass is 32.2. The molecule has 0 saturated heterocycles. The fraction of sp³-hybridized carbons (Fsp3) is 0.211. The van der Waals surface area contributed by atoms with Crippen LogP contribution < -0.4 is 0 Å². The van der Waals surface area contributed by atoms with E-state index in [9.17, 15) is 43.5 Å². The van der Waals surface area contributed by atoms with Crippen LogP contribution in [0.15, 0.2) is 59.5 Å². The number of halogens is 8. The lowest BCUT2D eigenvalue weighted by Gasteiger charge is -2.26. The summed E-state index contributed by atoms with van der Waals surface area (Å²) < 4.78 is 130. The maximum atomic E-state index is 14.3. The lowest BCUT2D eigenvalue weighted by Crippen LogP contribution is -2.50. The van der Waals surface area contributed by atoms with Gasteiger partial charge in [0.25, 0.3) is 0 Å². The van der Waals surface area contributed by atoms with Crippen LogP contribution in [0, 0.1) is 5.82 Å². The van der Waals surface area contributed by atoms with Gasteiger partial charge in [0, 0.05) is 11.8 Å². The van der Waals surface area contributed by atoms with E-state index < -0.39 is 39.4 Å². The Hall–Kier alpha value is -2.96. The van der Waals surface area contributed by atoms with Crippen LogP contribution in [0.2, 0.25) is 0 Å². The summed E-state index contributed by atoms with van der Waals surface area (Å²) in [7, 11) is -3.63.